The van der Waals surface area contributed by atoms with Crippen LogP contribution in [-0.4, -0.2) is 22.3 Å². The van der Waals surface area contributed by atoms with E-state index in [-0.39, 0.29) is 5.54 Å². The molecule has 4 nitrogen and oxygen atoms in total. The van der Waals surface area contributed by atoms with Gasteiger partial charge in [-0.2, -0.15) is 0 Å². The topological polar surface area (TPSA) is 51.0 Å². The van der Waals surface area contributed by atoms with Crippen LogP contribution in [0.3, 0.4) is 0 Å². The lowest BCUT2D eigenvalue weighted by Gasteiger charge is -2.19. The molecule has 0 fully saturated rings. The SMILES string of the molecule is CC(C)(C)NCCCc1nnc(Cc2ccc(Br)cc2)o1. The maximum atomic E-state index is 5.69. The summed E-state index contributed by atoms with van der Waals surface area (Å²) in [7, 11) is 0. The summed E-state index contributed by atoms with van der Waals surface area (Å²) in [5, 5.41) is 11.7. The summed E-state index contributed by atoms with van der Waals surface area (Å²) in [4.78, 5) is 0. The van der Waals surface area contributed by atoms with Gasteiger partial charge in [-0.25, -0.2) is 0 Å². The van der Waals surface area contributed by atoms with E-state index in [2.05, 4.69) is 64.3 Å². The third-order valence-electron chi connectivity index (χ3n) is 3.00. The van der Waals surface area contributed by atoms with Crippen molar-refractivity contribution in [2.75, 3.05) is 6.54 Å². The molecular formula is C16H22BrN3O. The average Bonchev–Trinajstić information content (AvgIpc) is 2.84. The van der Waals surface area contributed by atoms with Gasteiger partial charge in [-0.05, 0) is 51.4 Å². The van der Waals surface area contributed by atoms with E-state index in [0.717, 1.165) is 29.7 Å². The van der Waals surface area contributed by atoms with Crippen LogP contribution >= 0.6 is 15.9 Å². The molecule has 0 amide bonds. The molecule has 5 heteroatoms. The summed E-state index contributed by atoms with van der Waals surface area (Å²) in [5.74, 6) is 1.40. The normalized spacial score (nSPS) is 11.8. The highest BCUT2D eigenvalue weighted by Gasteiger charge is 2.09. The minimum absolute atomic E-state index is 0.154. The highest BCUT2D eigenvalue weighted by Crippen LogP contribution is 2.14. The summed E-state index contributed by atoms with van der Waals surface area (Å²) in [6.45, 7) is 7.44. The molecule has 0 aliphatic heterocycles. The van der Waals surface area contributed by atoms with Crippen LogP contribution in [0.4, 0.5) is 0 Å². The van der Waals surface area contributed by atoms with Crippen LogP contribution in [0.2, 0.25) is 0 Å². The number of aryl methyl sites for hydroxylation is 1. The molecule has 1 aromatic heterocycles. The van der Waals surface area contributed by atoms with Crippen LogP contribution in [0.25, 0.3) is 0 Å². The van der Waals surface area contributed by atoms with Gasteiger partial charge in [0.25, 0.3) is 0 Å². The molecular weight excluding hydrogens is 330 g/mol. The van der Waals surface area contributed by atoms with Gasteiger partial charge >= 0.3 is 0 Å². The molecule has 114 valence electrons. The van der Waals surface area contributed by atoms with E-state index in [1.165, 1.54) is 5.56 Å². The first kappa shape index (κ1) is 16.2. The van der Waals surface area contributed by atoms with Crippen molar-refractivity contribution >= 4 is 15.9 Å². The third kappa shape index (κ3) is 5.98. The Hall–Kier alpha value is -1.20. The molecule has 1 N–H and O–H groups in total. The van der Waals surface area contributed by atoms with Gasteiger partial charge in [0.1, 0.15) is 0 Å². The average molecular weight is 352 g/mol. The predicted molar refractivity (Wildman–Crippen MR) is 87.3 cm³/mol. The van der Waals surface area contributed by atoms with Crippen molar-refractivity contribution in [1.29, 1.82) is 0 Å². The van der Waals surface area contributed by atoms with E-state index < -0.39 is 0 Å². The fourth-order valence-electron chi connectivity index (χ4n) is 1.94. The number of benzene rings is 1. The zero-order valence-electron chi connectivity index (χ0n) is 12.8. The maximum absolute atomic E-state index is 5.69. The molecule has 0 unspecified atom stereocenters. The van der Waals surface area contributed by atoms with Crippen molar-refractivity contribution in [2.45, 2.75) is 45.6 Å². The smallest absolute Gasteiger partial charge is 0.220 e. The van der Waals surface area contributed by atoms with E-state index in [1.54, 1.807) is 0 Å². The zero-order valence-corrected chi connectivity index (χ0v) is 14.4. The van der Waals surface area contributed by atoms with E-state index >= 15 is 0 Å². The number of hydrogen-bond donors (Lipinski definition) is 1. The van der Waals surface area contributed by atoms with Crippen LogP contribution in [0.5, 0.6) is 0 Å². The predicted octanol–water partition coefficient (Wildman–Crippen LogP) is 3.74. The second-order valence-electron chi connectivity index (χ2n) is 6.17. The Labute approximate surface area is 134 Å². The molecule has 0 radical (unpaired) electrons. The van der Waals surface area contributed by atoms with Gasteiger partial charge in [-0.3, -0.25) is 0 Å². The van der Waals surface area contributed by atoms with Gasteiger partial charge in [0.05, 0.1) is 6.42 Å². The maximum Gasteiger partial charge on any atom is 0.220 e. The second-order valence-corrected chi connectivity index (χ2v) is 7.09. The van der Waals surface area contributed by atoms with Gasteiger partial charge in [0.2, 0.25) is 11.8 Å². The lowest BCUT2D eigenvalue weighted by molar-refractivity contribution is 0.406. The molecule has 1 aromatic carbocycles. The van der Waals surface area contributed by atoms with Crippen molar-refractivity contribution in [3.05, 3.63) is 46.1 Å². The molecule has 21 heavy (non-hydrogen) atoms. The molecule has 0 aliphatic rings. The van der Waals surface area contributed by atoms with E-state index in [0.29, 0.717) is 12.3 Å². The molecule has 1 heterocycles. The Morgan fingerprint density at radius 3 is 2.43 bits per heavy atom. The van der Waals surface area contributed by atoms with E-state index in [1.807, 2.05) is 12.1 Å². The van der Waals surface area contributed by atoms with Crippen LogP contribution in [0, 0.1) is 0 Å². The number of aromatic nitrogens is 2. The first-order chi connectivity index (χ1) is 9.92. The lowest BCUT2D eigenvalue weighted by atomic mass is 10.1. The largest absolute Gasteiger partial charge is 0.425 e. The second kappa shape index (κ2) is 7.18. The molecule has 0 saturated carbocycles. The standard InChI is InChI=1S/C16H22BrN3O/c1-16(2,3)18-10-4-5-14-19-20-15(21-14)11-12-6-8-13(17)9-7-12/h6-9,18H,4-5,10-11H2,1-3H3. The number of nitrogens with one attached hydrogen (secondary N) is 1. The summed E-state index contributed by atoms with van der Waals surface area (Å²) in [6, 6.07) is 8.15. The molecule has 0 saturated heterocycles. The molecule has 0 bridgehead atoms. The zero-order chi connectivity index (χ0) is 15.3. The molecule has 0 spiro atoms. The number of halogens is 1. The van der Waals surface area contributed by atoms with Crippen molar-refractivity contribution in [3.63, 3.8) is 0 Å². The summed E-state index contributed by atoms with van der Waals surface area (Å²) < 4.78 is 6.76. The Bertz CT molecular complexity index is 558. The summed E-state index contributed by atoms with van der Waals surface area (Å²) in [6.07, 6.45) is 2.49. The van der Waals surface area contributed by atoms with Crippen molar-refractivity contribution in [3.8, 4) is 0 Å². The number of hydrogen-bond acceptors (Lipinski definition) is 4. The molecule has 2 aromatic rings. The molecule has 0 atom stereocenters. The quantitative estimate of drug-likeness (QED) is 0.805. The monoisotopic (exact) mass is 351 g/mol. The van der Waals surface area contributed by atoms with Gasteiger partial charge in [-0.1, -0.05) is 28.1 Å². The first-order valence-corrected chi connectivity index (χ1v) is 8.02. The Balaban J connectivity index is 1.80. The van der Waals surface area contributed by atoms with Gasteiger partial charge < -0.3 is 9.73 Å². The molecule has 0 aliphatic carbocycles. The summed E-state index contributed by atoms with van der Waals surface area (Å²) in [5.41, 5.74) is 1.32. The van der Waals surface area contributed by atoms with Gasteiger partial charge in [-0.15, -0.1) is 10.2 Å². The summed E-state index contributed by atoms with van der Waals surface area (Å²) >= 11 is 3.43. The lowest BCUT2D eigenvalue weighted by Crippen LogP contribution is -2.36. The van der Waals surface area contributed by atoms with E-state index in [4.69, 9.17) is 4.42 Å². The number of rotatable bonds is 6. The fourth-order valence-corrected chi connectivity index (χ4v) is 2.21. The third-order valence-corrected chi connectivity index (χ3v) is 3.53. The van der Waals surface area contributed by atoms with Crippen molar-refractivity contribution in [2.24, 2.45) is 0 Å². The van der Waals surface area contributed by atoms with Gasteiger partial charge in [0, 0.05) is 16.4 Å². The fraction of sp³-hybridized carbons (Fsp3) is 0.500. The van der Waals surface area contributed by atoms with Crippen LogP contribution < -0.4 is 5.32 Å². The van der Waals surface area contributed by atoms with Crippen molar-refractivity contribution < 1.29 is 4.42 Å². The van der Waals surface area contributed by atoms with Crippen molar-refractivity contribution in [1.82, 2.24) is 15.5 Å². The minimum atomic E-state index is 0.154. The van der Waals surface area contributed by atoms with Crippen LogP contribution in [0.15, 0.2) is 33.2 Å². The first-order valence-electron chi connectivity index (χ1n) is 7.23. The van der Waals surface area contributed by atoms with E-state index in [9.17, 15) is 0 Å². The highest BCUT2D eigenvalue weighted by atomic mass is 79.9. The Morgan fingerprint density at radius 1 is 1.10 bits per heavy atom. The Morgan fingerprint density at radius 2 is 1.76 bits per heavy atom. The Kier molecular flexibility index (Phi) is 5.53. The number of nitrogens with zero attached hydrogens (tertiary/aromatic N) is 2. The highest BCUT2D eigenvalue weighted by molar-refractivity contribution is 9.10. The van der Waals surface area contributed by atoms with Gasteiger partial charge in [0.15, 0.2) is 0 Å². The van der Waals surface area contributed by atoms with Crippen LogP contribution in [-0.2, 0) is 12.8 Å². The molecule has 2 rings (SSSR count). The minimum Gasteiger partial charge on any atom is -0.425 e. The van der Waals surface area contributed by atoms with Crippen LogP contribution in [0.1, 0.15) is 44.5 Å².